The van der Waals surface area contributed by atoms with Crippen molar-refractivity contribution < 1.29 is 14.7 Å². The Balaban J connectivity index is 2.69. The zero-order valence-electron chi connectivity index (χ0n) is 10.1. The highest BCUT2D eigenvalue weighted by atomic mass is 79.9. The lowest BCUT2D eigenvalue weighted by Gasteiger charge is -2.19. The summed E-state index contributed by atoms with van der Waals surface area (Å²) in [5.74, 6) is -1.65. The van der Waals surface area contributed by atoms with Crippen LogP contribution in [0.25, 0.3) is 0 Å². The first kappa shape index (κ1) is 14.7. The Morgan fingerprint density at radius 2 is 2.17 bits per heavy atom. The molecule has 1 atom stereocenters. The van der Waals surface area contributed by atoms with Crippen LogP contribution in [0, 0.1) is 0 Å². The van der Waals surface area contributed by atoms with Gasteiger partial charge in [-0.05, 0) is 24.6 Å². The summed E-state index contributed by atoms with van der Waals surface area (Å²) in [4.78, 5) is 22.8. The molecule has 1 aromatic rings. The fourth-order valence-corrected chi connectivity index (χ4v) is 1.93. The third-order valence-corrected chi connectivity index (χ3v) is 3.02. The molecule has 4 nitrogen and oxygen atoms in total. The SMILES string of the molecule is CCCC[C@H](NC(=O)c1cccc(Br)c1)C(=O)[O-]. The van der Waals surface area contributed by atoms with Crippen molar-refractivity contribution in [1.29, 1.82) is 0 Å². The Morgan fingerprint density at radius 1 is 1.44 bits per heavy atom. The molecule has 1 rings (SSSR count). The lowest BCUT2D eigenvalue weighted by molar-refractivity contribution is -0.308. The van der Waals surface area contributed by atoms with Crippen molar-refractivity contribution in [2.75, 3.05) is 0 Å². The van der Waals surface area contributed by atoms with E-state index in [9.17, 15) is 14.7 Å². The predicted octanol–water partition coefficient (Wildman–Crippen LogP) is 1.49. The number of carboxylic acid groups (broad SMARTS) is 1. The van der Waals surface area contributed by atoms with Crippen molar-refractivity contribution in [1.82, 2.24) is 5.32 Å². The first-order chi connectivity index (χ1) is 8.54. The van der Waals surface area contributed by atoms with Gasteiger partial charge in [-0.15, -0.1) is 0 Å². The number of rotatable bonds is 6. The number of amides is 1. The van der Waals surface area contributed by atoms with Gasteiger partial charge >= 0.3 is 0 Å². The molecule has 5 heteroatoms. The minimum Gasteiger partial charge on any atom is -0.548 e. The average Bonchev–Trinajstić information content (AvgIpc) is 2.33. The number of carbonyl (C=O) groups excluding carboxylic acids is 2. The quantitative estimate of drug-likeness (QED) is 0.865. The monoisotopic (exact) mass is 312 g/mol. The third-order valence-electron chi connectivity index (χ3n) is 2.52. The molecule has 0 aromatic heterocycles. The summed E-state index contributed by atoms with van der Waals surface area (Å²) in [6.07, 6.45) is 1.99. The van der Waals surface area contributed by atoms with Crippen LogP contribution in [0.15, 0.2) is 28.7 Å². The van der Waals surface area contributed by atoms with Crippen molar-refractivity contribution >= 4 is 27.8 Å². The summed E-state index contributed by atoms with van der Waals surface area (Å²) < 4.78 is 0.772. The first-order valence-corrected chi connectivity index (χ1v) is 6.61. The van der Waals surface area contributed by atoms with E-state index in [1.54, 1.807) is 24.3 Å². The largest absolute Gasteiger partial charge is 0.548 e. The Kier molecular flexibility index (Phi) is 5.85. The van der Waals surface area contributed by atoms with Gasteiger partial charge in [0.2, 0.25) is 0 Å². The minimum absolute atomic E-state index is 0.387. The van der Waals surface area contributed by atoms with E-state index < -0.39 is 17.9 Å². The Labute approximate surface area is 115 Å². The molecule has 0 saturated heterocycles. The van der Waals surface area contributed by atoms with Crippen molar-refractivity contribution in [3.8, 4) is 0 Å². The molecule has 0 aliphatic heterocycles. The topological polar surface area (TPSA) is 69.2 Å². The van der Waals surface area contributed by atoms with Gasteiger partial charge in [0.1, 0.15) is 0 Å². The molecule has 1 amide bonds. The van der Waals surface area contributed by atoms with Crippen molar-refractivity contribution in [3.63, 3.8) is 0 Å². The molecule has 0 bridgehead atoms. The summed E-state index contributed by atoms with van der Waals surface area (Å²) in [5, 5.41) is 13.4. The van der Waals surface area contributed by atoms with E-state index in [4.69, 9.17) is 0 Å². The number of nitrogens with one attached hydrogen (secondary N) is 1. The van der Waals surface area contributed by atoms with Crippen molar-refractivity contribution in [2.24, 2.45) is 0 Å². The van der Waals surface area contributed by atoms with Crippen LogP contribution in [0.2, 0.25) is 0 Å². The summed E-state index contributed by atoms with van der Waals surface area (Å²) in [5.41, 5.74) is 0.423. The molecule has 1 N–H and O–H groups in total. The molecule has 18 heavy (non-hydrogen) atoms. The van der Waals surface area contributed by atoms with E-state index in [-0.39, 0.29) is 0 Å². The molecule has 0 spiro atoms. The van der Waals surface area contributed by atoms with Gasteiger partial charge in [0.25, 0.3) is 5.91 Å². The van der Waals surface area contributed by atoms with Crippen LogP contribution in [0.4, 0.5) is 0 Å². The summed E-state index contributed by atoms with van der Waals surface area (Å²) in [6, 6.07) is 5.85. The molecule has 0 radical (unpaired) electrons. The van der Waals surface area contributed by atoms with Crippen LogP contribution in [0.5, 0.6) is 0 Å². The molecule has 0 heterocycles. The lowest BCUT2D eigenvalue weighted by atomic mass is 10.1. The van der Waals surface area contributed by atoms with Crippen LogP contribution in [0.1, 0.15) is 36.5 Å². The highest BCUT2D eigenvalue weighted by molar-refractivity contribution is 9.10. The maximum atomic E-state index is 11.9. The Hall–Kier alpha value is -1.36. The number of carbonyl (C=O) groups is 2. The molecule has 0 aliphatic carbocycles. The third kappa shape index (κ3) is 4.49. The first-order valence-electron chi connectivity index (χ1n) is 5.82. The fraction of sp³-hybridized carbons (Fsp3) is 0.385. The number of benzene rings is 1. The standard InChI is InChI=1S/C13H16BrNO3/c1-2-3-7-11(13(17)18)15-12(16)9-5-4-6-10(14)8-9/h4-6,8,11H,2-3,7H2,1H3,(H,15,16)(H,17,18)/p-1/t11-/m0/s1. The van der Waals surface area contributed by atoms with Crippen LogP contribution < -0.4 is 10.4 Å². The van der Waals surface area contributed by atoms with E-state index in [0.29, 0.717) is 12.0 Å². The molecule has 1 aromatic carbocycles. The second-order valence-corrected chi connectivity index (χ2v) is 4.91. The van der Waals surface area contributed by atoms with Crippen LogP contribution >= 0.6 is 15.9 Å². The number of unbranched alkanes of at least 4 members (excludes halogenated alkanes) is 1. The highest BCUT2D eigenvalue weighted by Crippen LogP contribution is 2.12. The van der Waals surface area contributed by atoms with Gasteiger partial charge in [0.05, 0.1) is 12.0 Å². The minimum atomic E-state index is -1.24. The number of halogens is 1. The predicted molar refractivity (Wildman–Crippen MR) is 69.9 cm³/mol. The normalized spacial score (nSPS) is 11.9. The van der Waals surface area contributed by atoms with Gasteiger partial charge in [0, 0.05) is 10.0 Å². The van der Waals surface area contributed by atoms with Crippen LogP contribution in [0.3, 0.4) is 0 Å². The second-order valence-electron chi connectivity index (χ2n) is 4.00. The van der Waals surface area contributed by atoms with Gasteiger partial charge in [-0.1, -0.05) is 41.8 Å². The summed E-state index contributed by atoms with van der Waals surface area (Å²) in [7, 11) is 0. The van der Waals surface area contributed by atoms with Gasteiger partial charge in [-0.2, -0.15) is 0 Å². The van der Waals surface area contributed by atoms with E-state index in [1.165, 1.54) is 0 Å². The smallest absolute Gasteiger partial charge is 0.251 e. The molecule has 0 unspecified atom stereocenters. The second kappa shape index (κ2) is 7.16. The molecular weight excluding hydrogens is 298 g/mol. The fourth-order valence-electron chi connectivity index (χ4n) is 1.53. The van der Waals surface area contributed by atoms with Crippen molar-refractivity contribution in [2.45, 2.75) is 32.2 Å². The van der Waals surface area contributed by atoms with Gasteiger partial charge in [0.15, 0.2) is 0 Å². The number of aliphatic carboxylic acids is 1. The van der Waals surface area contributed by atoms with E-state index in [0.717, 1.165) is 17.3 Å². The molecular formula is C13H15BrNO3-. The van der Waals surface area contributed by atoms with E-state index >= 15 is 0 Å². The maximum absolute atomic E-state index is 11.9. The van der Waals surface area contributed by atoms with Gasteiger partial charge in [-0.25, -0.2) is 0 Å². The highest BCUT2D eigenvalue weighted by Gasteiger charge is 2.14. The lowest BCUT2D eigenvalue weighted by Crippen LogP contribution is -2.47. The molecule has 0 saturated carbocycles. The van der Waals surface area contributed by atoms with Gasteiger partial charge in [-0.3, -0.25) is 4.79 Å². The average molecular weight is 313 g/mol. The van der Waals surface area contributed by atoms with Crippen LogP contribution in [-0.4, -0.2) is 17.9 Å². The Morgan fingerprint density at radius 3 is 2.72 bits per heavy atom. The number of hydrogen-bond donors (Lipinski definition) is 1. The summed E-state index contributed by atoms with van der Waals surface area (Å²) in [6.45, 7) is 1.96. The number of hydrogen-bond acceptors (Lipinski definition) is 3. The zero-order valence-corrected chi connectivity index (χ0v) is 11.7. The molecule has 0 fully saturated rings. The molecule has 0 aliphatic rings. The van der Waals surface area contributed by atoms with E-state index in [2.05, 4.69) is 21.2 Å². The van der Waals surface area contributed by atoms with Crippen molar-refractivity contribution in [3.05, 3.63) is 34.3 Å². The summed E-state index contributed by atoms with van der Waals surface area (Å²) >= 11 is 3.26. The number of carboxylic acids is 1. The van der Waals surface area contributed by atoms with Crippen LogP contribution in [-0.2, 0) is 4.79 Å². The maximum Gasteiger partial charge on any atom is 0.251 e. The van der Waals surface area contributed by atoms with Gasteiger partial charge < -0.3 is 15.2 Å². The zero-order chi connectivity index (χ0) is 13.5. The van der Waals surface area contributed by atoms with E-state index in [1.807, 2.05) is 6.92 Å². The Bertz CT molecular complexity index is 434. The molecule has 98 valence electrons.